The van der Waals surface area contributed by atoms with Crippen LogP contribution in [0.15, 0.2) is 267 Å². The van der Waals surface area contributed by atoms with E-state index in [0.29, 0.717) is 58.0 Å². The molecule has 14 rings (SSSR count). The molecule has 1 amide bonds. The summed E-state index contributed by atoms with van der Waals surface area (Å²) in [7, 11) is 1.67. The fraction of sp³-hybridized carbons (Fsp3) is 0.235. The number of aromatic nitrogens is 8. The molecule has 128 heavy (non-hydrogen) atoms. The Morgan fingerprint density at radius 2 is 0.727 bits per heavy atom. The average Bonchev–Trinajstić information content (AvgIpc) is 1.67. The van der Waals surface area contributed by atoms with Crippen molar-refractivity contribution in [2.45, 2.75) is 113 Å². The van der Waals surface area contributed by atoms with Crippen LogP contribution in [0, 0.1) is 86.8 Å². The first-order valence-electron chi connectivity index (χ1n) is 41.4. The first-order valence-corrected chi connectivity index (χ1v) is 41.4. The molecule has 2 atom stereocenters. The van der Waals surface area contributed by atoms with E-state index in [0.717, 1.165) is 146 Å². The number of phenols is 1. The lowest BCUT2D eigenvalue weighted by Gasteiger charge is -2.16. The number of carbonyl (C=O) groups excluding carboxylic acids is 2. The zero-order valence-electron chi connectivity index (χ0n) is 72.5. The summed E-state index contributed by atoms with van der Waals surface area (Å²) in [5, 5.41) is 29.6. The van der Waals surface area contributed by atoms with Crippen molar-refractivity contribution in [3.8, 4) is 80.9 Å². The molecule has 20 nitrogen and oxygen atoms in total. The molecule has 0 aliphatic heterocycles. The number of aromatic hydroxyl groups is 1. The van der Waals surface area contributed by atoms with Gasteiger partial charge in [0, 0.05) is 110 Å². The molecule has 0 bridgehead atoms. The van der Waals surface area contributed by atoms with Gasteiger partial charge in [-0.2, -0.15) is 0 Å². The Morgan fingerprint density at radius 3 is 1.05 bits per heavy atom. The highest BCUT2D eigenvalue weighted by molar-refractivity contribution is 5.94. The quantitative estimate of drug-likeness (QED) is 0.0136. The molecule has 0 aliphatic carbocycles. The van der Waals surface area contributed by atoms with Gasteiger partial charge in [-0.1, -0.05) is 92.6 Å². The Balaban J connectivity index is 0.000000180. The van der Waals surface area contributed by atoms with Gasteiger partial charge in [0.25, 0.3) is 5.91 Å². The van der Waals surface area contributed by atoms with E-state index in [1.807, 2.05) is 150 Å². The molecule has 0 spiro atoms. The zero-order valence-corrected chi connectivity index (χ0v) is 72.5. The SMILES string of the molecule is C#CCNC(=O)c1ccc(F)cc1.CCOC(=O)C[C@H](C)CCCOc1ccccc1Cn1c(C)cnc1-c1ccc(F)cc1.COc1ccccc1Cn1c(C)cnc1-c1ccc(F)cc1.Cc1cnc(-c2ccc(F)cc2)n1Cc1ccccc1O.Cc1cnc(-c2ccc(F)cc2)n1Cc1ccccc1OCCC[C@@H](C)CC(=O)O.O=C(O)c1ccc(F)cc1. The number of imidazole rings is 4. The lowest BCUT2D eigenvalue weighted by molar-refractivity contribution is -0.144. The van der Waals surface area contributed by atoms with Gasteiger partial charge in [-0.05, 0) is 242 Å². The molecule has 4 N–H and O–H groups in total. The maximum absolute atomic E-state index is 13.3. The highest BCUT2D eigenvalue weighted by Gasteiger charge is 2.20. The summed E-state index contributed by atoms with van der Waals surface area (Å²) in [6, 6.07) is 66.3. The molecule has 10 aromatic carbocycles. The Kier molecular flexibility index (Phi) is 37.7. The van der Waals surface area contributed by atoms with Crippen molar-refractivity contribution in [2.24, 2.45) is 11.8 Å². The van der Waals surface area contributed by atoms with E-state index < -0.39 is 17.8 Å². The summed E-state index contributed by atoms with van der Waals surface area (Å²) in [6.45, 7) is 17.9. The van der Waals surface area contributed by atoms with Crippen LogP contribution >= 0.6 is 0 Å². The normalized spacial score (nSPS) is 11.0. The van der Waals surface area contributed by atoms with E-state index in [2.05, 4.69) is 51.8 Å². The average molecular weight is 1740 g/mol. The van der Waals surface area contributed by atoms with Crippen LogP contribution in [0.4, 0.5) is 26.3 Å². The molecule has 0 saturated heterocycles. The molecule has 26 heteroatoms. The predicted octanol–water partition coefficient (Wildman–Crippen LogP) is 21.6. The summed E-state index contributed by atoms with van der Waals surface area (Å²) < 4.78 is 108. The summed E-state index contributed by atoms with van der Waals surface area (Å²) in [5.74, 6) is 4.50. The molecule has 4 aromatic heterocycles. The summed E-state index contributed by atoms with van der Waals surface area (Å²) >= 11 is 0. The maximum atomic E-state index is 13.3. The number of para-hydroxylation sites is 4. The van der Waals surface area contributed by atoms with Crippen molar-refractivity contribution in [2.75, 3.05) is 33.5 Å². The first kappa shape index (κ1) is 97.1. The van der Waals surface area contributed by atoms with Gasteiger partial charge in [-0.3, -0.25) is 14.4 Å². The Hall–Kier alpha value is -14.7. The van der Waals surface area contributed by atoms with Crippen molar-refractivity contribution in [3.05, 3.63) is 359 Å². The van der Waals surface area contributed by atoms with Gasteiger partial charge >= 0.3 is 17.9 Å². The number of rotatable bonds is 31. The van der Waals surface area contributed by atoms with Gasteiger partial charge in [0.2, 0.25) is 0 Å². The van der Waals surface area contributed by atoms with E-state index in [4.69, 9.17) is 35.6 Å². The monoisotopic (exact) mass is 1740 g/mol. The van der Waals surface area contributed by atoms with Crippen LogP contribution in [0.25, 0.3) is 45.6 Å². The number of carboxylic acid groups (broad SMARTS) is 2. The molecular weight excluding hydrogens is 1640 g/mol. The molecule has 0 unspecified atom stereocenters. The van der Waals surface area contributed by atoms with Crippen LogP contribution in [0.5, 0.6) is 23.0 Å². The number of terminal acetylenes is 1. The number of halogens is 6. The molecule has 4 heterocycles. The minimum atomic E-state index is -1.04. The number of nitrogens with zero attached hydrogens (tertiary/aromatic N) is 8. The minimum absolute atomic E-state index is 0.0985. The lowest BCUT2D eigenvalue weighted by Crippen LogP contribution is -2.23. The van der Waals surface area contributed by atoms with Crippen LogP contribution in [0.3, 0.4) is 0 Å². The number of carboxylic acids is 2. The first-order chi connectivity index (χ1) is 61.7. The predicted molar refractivity (Wildman–Crippen MR) is 482 cm³/mol. The van der Waals surface area contributed by atoms with Crippen molar-refractivity contribution in [1.82, 2.24) is 43.5 Å². The van der Waals surface area contributed by atoms with Gasteiger partial charge in [0.15, 0.2) is 0 Å². The molecule has 0 radical (unpaired) electrons. The molecule has 0 saturated carbocycles. The van der Waals surface area contributed by atoms with Crippen molar-refractivity contribution >= 4 is 23.8 Å². The number of aryl methyl sites for hydroxylation is 4. The highest BCUT2D eigenvalue weighted by Crippen LogP contribution is 2.31. The smallest absolute Gasteiger partial charge is 0.335 e. The number of benzene rings is 10. The van der Waals surface area contributed by atoms with Crippen LogP contribution < -0.4 is 19.5 Å². The molecule has 14 aromatic rings. The lowest BCUT2D eigenvalue weighted by atomic mass is 10.0. The number of amides is 1. The third kappa shape index (κ3) is 30.0. The number of aliphatic carboxylic acids is 1. The standard InChI is InChI=1S/C26H31FN2O3.C24H27FN2O3.C18H17FN2O.C17H15FN2O.C10H8FNO.C7H5FO2/c1-4-31-25(30)16-19(2)8-7-15-32-24-10-6-5-9-22(24)18-29-20(3)17-28-26(29)21-11-13-23(27)14-12-21;1-17(14-23(28)29)6-5-13-30-22-8-4-3-7-20(22)16-27-18(2)15-26-24(27)19-9-11-21(25)12-10-19;1-13-11-20-18(14-7-9-16(19)10-8-14)21(13)12-15-5-3-4-6-17(15)22-2;1-12-10-19-17(13-6-8-15(18)9-7-13)20(12)11-14-4-2-3-5-16(14)21;1-2-7-12-10(13)8-3-5-9(11)6-4-8;8-6-3-1-5(2-4-6)7(9)10/h5-6,9-14,17,19H,4,7-8,15-16,18H2,1-3H3;3-4,7-12,15,17H,5-6,13-14,16H2,1-2H3,(H,28,29);3-11H,12H2,1-2H3;2-10,21H,11H2,1H3;1,3-6H,7H2,(H,12,13);1-4H,(H,9,10)/t19-;17-;;;;/m11..../s1. The number of methoxy groups -OCH3 is 1. The fourth-order valence-electron chi connectivity index (χ4n) is 13.3. The minimum Gasteiger partial charge on any atom is -0.508 e. The number of carbonyl (C=O) groups is 4. The Morgan fingerprint density at radius 1 is 0.422 bits per heavy atom. The van der Waals surface area contributed by atoms with E-state index in [-0.39, 0.29) is 77.1 Å². The van der Waals surface area contributed by atoms with E-state index in [9.17, 15) is 50.6 Å². The van der Waals surface area contributed by atoms with E-state index in [1.54, 1.807) is 74.0 Å². The van der Waals surface area contributed by atoms with Gasteiger partial charge in [-0.25, -0.2) is 51.1 Å². The number of hydrogen-bond donors (Lipinski definition) is 4. The second kappa shape index (κ2) is 49.7. The van der Waals surface area contributed by atoms with Gasteiger partial charge < -0.3 is 57.9 Å². The summed E-state index contributed by atoms with van der Waals surface area (Å²) in [6.07, 6.45) is 16.2. The molecule has 664 valence electrons. The van der Waals surface area contributed by atoms with Crippen LogP contribution in [-0.4, -0.2) is 111 Å². The van der Waals surface area contributed by atoms with Gasteiger partial charge in [-0.15, -0.1) is 6.42 Å². The van der Waals surface area contributed by atoms with E-state index >= 15 is 0 Å². The van der Waals surface area contributed by atoms with Crippen LogP contribution in [0.1, 0.15) is 125 Å². The Bertz CT molecular complexity index is 5910. The second-order valence-electron chi connectivity index (χ2n) is 29.9. The second-order valence-corrected chi connectivity index (χ2v) is 29.9. The third-order valence-corrected chi connectivity index (χ3v) is 20.2. The van der Waals surface area contributed by atoms with Gasteiger partial charge in [0.05, 0.1) is 65.2 Å². The van der Waals surface area contributed by atoms with Crippen LogP contribution in [0.2, 0.25) is 0 Å². The number of phenolic OH excluding ortho intramolecular Hbond substituents is 1. The fourth-order valence-corrected chi connectivity index (χ4v) is 13.3. The number of aromatic carboxylic acids is 1. The third-order valence-electron chi connectivity index (χ3n) is 20.2. The zero-order chi connectivity index (χ0) is 92.0. The van der Waals surface area contributed by atoms with E-state index in [1.165, 1.54) is 84.9 Å². The van der Waals surface area contributed by atoms with Gasteiger partial charge in [0.1, 0.15) is 81.2 Å². The topological polar surface area (TPSA) is 249 Å². The Labute approximate surface area is 741 Å². The summed E-state index contributed by atoms with van der Waals surface area (Å²) in [4.78, 5) is 61.7. The van der Waals surface area contributed by atoms with Crippen molar-refractivity contribution in [1.29, 1.82) is 0 Å². The maximum Gasteiger partial charge on any atom is 0.335 e. The highest BCUT2D eigenvalue weighted by atomic mass is 19.1. The number of hydrogen-bond acceptors (Lipinski definition) is 13. The summed E-state index contributed by atoms with van der Waals surface area (Å²) in [5.41, 5.74) is 12.0. The molecule has 0 aliphatic rings. The number of esters is 1. The number of nitrogens with one attached hydrogen (secondary N) is 1. The van der Waals surface area contributed by atoms with Crippen LogP contribution in [-0.2, 0) is 40.5 Å². The molecular formula is C102H103F6N9O11. The molecule has 0 fully saturated rings. The van der Waals surface area contributed by atoms with Crippen molar-refractivity contribution < 1.29 is 79.8 Å². The van der Waals surface area contributed by atoms with Crippen molar-refractivity contribution in [3.63, 3.8) is 0 Å². The number of ether oxygens (including phenoxy) is 4. The largest absolute Gasteiger partial charge is 0.508 e.